The van der Waals surface area contributed by atoms with Gasteiger partial charge in [-0.1, -0.05) is 6.08 Å². The summed E-state index contributed by atoms with van der Waals surface area (Å²) < 4.78 is 0. The van der Waals surface area contributed by atoms with E-state index in [2.05, 4.69) is 6.58 Å². The molecule has 2 nitrogen and oxygen atoms in total. The van der Waals surface area contributed by atoms with Crippen LogP contribution in [0.5, 0.6) is 0 Å². The van der Waals surface area contributed by atoms with Crippen molar-refractivity contribution in [2.75, 3.05) is 13.7 Å². The molecule has 0 aliphatic carbocycles. The zero-order chi connectivity index (χ0) is 4.83. The van der Waals surface area contributed by atoms with Gasteiger partial charge in [0.2, 0.25) is 0 Å². The zero-order valence-corrected chi connectivity index (χ0v) is 5.11. The molecule has 0 aromatic heterocycles. The van der Waals surface area contributed by atoms with Crippen LogP contribution in [0.3, 0.4) is 0 Å². The molecule has 0 rings (SSSR count). The molecule has 3 heteroatoms. The molecule has 7 heavy (non-hydrogen) atoms. The maximum atomic E-state index is 4.74. The maximum absolute atomic E-state index is 4.74. The van der Waals surface area contributed by atoms with Gasteiger partial charge in [-0.2, -0.15) is 0 Å². The fourth-order valence-corrected chi connectivity index (χ4v) is 0.164. The Morgan fingerprint density at radius 2 is 2.43 bits per heavy atom. The molecule has 0 aliphatic heterocycles. The lowest BCUT2D eigenvalue weighted by atomic mass is 10.7. The number of hydrogen-bond acceptors (Lipinski definition) is 1. The molecule has 0 bridgehead atoms. The van der Waals surface area contributed by atoms with Crippen molar-refractivity contribution in [3.8, 4) is 0 Å². The topological polar surface area (TPSA) is 25.8 Å². The smallest absolute Gasteiger partial charge is 0.124 e. The van der Waals surface area contributed by atoms with E-state index in [4.69, 9.17) is 4.84 Å². The second-order valence-electron chi connectivity index (χ2n) is 0.858. The summed E-state index contributed by atoms with van der Waals surface area (Å²) in [6, 6.07) is 0. The van der Waals surface area contributed by atoms with E-state index in [1.165, 1.54) is 0 Å². The lowest BCUT2D eigenvalue weighted by molar-refractivity contribution is -0.875. The second kappa shape index (κ2) is 9.34. The zero-order valence-electron chi connectivity index (χ0n) is 4.36. The van der Waals surface area contributed by atoms with Crippen LogP contribution in [0.15, 0.2) is 12.7 Å². The van der Waals surface area contributed by atoms with E-state index in [0.29, 0.717) is 6.61 Å². The highest BCUT2D eigenvalue weighted by atomic mass is 35.5. The van der Waals surface area contributed by atoms with Crippen molar-refractivity contribution in [1.29, 1.82) is 0 Å². The van der Waals surface area contributed by atoms with E-state index in [-0.39, 0.29) is 12.4 Å². The van der Waals surface area contributed by atoms with Crippen molar-refractivity contribution < 1.29 is 22.7 Å². The molecule has 0 aliphatic rings. The summed E-state index contributed by atoms with van der Waals surface area (Å²) in [5.74, 6) is 0. The van der Waals surface area contributed by atoms with Crippen molar-refractivity contribution in [3.05, 3.63) is 12.7 Å². The molecular weight excluding hydrogens is 114 g/mol. The van der Waals surface area contributed by atoms with Crippen molar-refractivity contribution in [2.24, 2.45) is 0 Å². The molecule has 0 saturated heterocycles. The predicted octanol–water partition coefficient (Wildman–Crippen LogP) is -3.70. The van der Waals surface area contributed by atoms with E-state index in [0.717, 1.165) is 0 Å². The fraction of sp³-hybridized carbons (Fsp3) is 0.500. The van der Waals surface area contributed by atoms with Gasteiger partial charge in [0.25, 0.3) is 0 Å². The summed E-state index contributed by atoms with van der Waals surface area (Å²) in [6.45, 7) is 4.07. The Morgan fingerprint density at radius 1 is 1.86 bits per heavy atom. The largest absolute Gasteiger partial charge is 1.00 e. The standard InChI is InChI=1S/C4H9NO.ClH/c1-3-4-6-5-2;/h3,5H,1,4H2,2H3;1H. The summed E-state index contributed by atoms with van der Waals surface area (Å²) in [5.41, 5.74) is 1.64. The van der Waals surface area contributed by atoms with Gasteiger partial charge < -0.3 is 12.4 Å². The van der Waals surface area contributed by atoms with Gasteiger partial charge in [0.15, 0.2) is 0 Å². The van der Waals surface area contributed by atoms with E-state index >= 15 is 0 Å². The summed E-state index contributed by atoms with van der Waals surface area (Å²) in [5, 5.41) is 0. The van der Waals surface area contributed by atoms with E-state index < -0.39 is 0 Å². The highest BCUT2D eigenvalue weighted by molar-refractivity contribution is 4.61. The van der Waals surface area contributed by atoms with Gasteiger partial charge in [0.05, 0.1) is 7.05 Å². The van der Waals surface area contributed by atoms with Crippen LogP contribution < -0.4 is 17.9 Å². The average Bonchev–Trinajstić information content (AvgIpc) is 1.61. The van der Waals surface area contributed by atoms with Crippen molar-refractivity contribution in [3.63, 3.8) is 0 Å². The third-order valence-electron chi connectivity index (χ3n) is 0.381. The van der Waals surface area contributed by atoms with Crippen molar-refractivity contribution in [1.82, 2.24) is 0 Å². The molecule has 0 aromatic carbocycles. The number of hydrogen-bond donors (Lipinski definition) is 1. The molecule has 0 atom stereocenters. The van der Waals surface area contributed by atoms with E-state index in [9.17, 15) is 0 Å². The summed E-state index contributed by atoms with van der Waals surface area (Å²) in [7, 11) is 1.84. The molecule has 2 N–H and O–H groups in total. The number of quaternary nitrogens is 1. The number of hydroxylamine groups is 1. The molecule has 44 valence electrons. The molecular formula is C4H10ClNO. The van der Waals surface area contributed by atoms with Crippen LogP contribution in [0.2, 0.25) is 0 Å². The van der Waals surface area contributed by atoms with Crippen LogP contribution in [0.4, 0.5) is 0 Å². The molecule has 0 heterocycles. The molecule has 0 amide bonds. The molecule has 0 fully saturated rings. The Balaban J connectivity index is 0. The van der Waals surface area contributed by atoms with Gasteiger partial charge >= 0.3 is 0 Å². The minimum absolute atomic E-state index is 0. The third-order valence-corrected chi connectivity index (χ3v) is 0.381. The van der Waals surface area contributed by atoms with Gasteiger partial charge in [-0.25, -0.2) is 10.3 Å². The first-order chi connectivity index (χ1) is 2.91. The fourth-order valence-electron chi connectivity index (χ4n) is 0.164. The minimum Gasteiger partial charge on any atom is -1.00 e. The molecule has 0 spiro atoms. The van der Waals surface area contributed by atoms with Crippen molar-refractivity contribution in [2.45, 2.75) is 0 Å². The molecule has 0 radical (unpaired) electrons. The first-order valence-electron chi connectivity index (χ1n) is 1.92. The molecule has 0 aromatic rings. The molecule has 0 unspecified atom stereocenters. The summed E-state index contributed by atoms with van der Waals surface area (Å²) >= 11 is 0. The van der Waals surface area contributed by atoms with Crippen LogP contribution in [0.1, 0.15) is 0 Å². The normalized spacial score (nSPS) is 7.00. The SMILES string of the molecule is C=CCO[NH2+]C.[Cl-]. The highest BCUT2D eigenvalue weighted by Crippen LogP contribution is 1.55. The lowest BCUT2D eigenvalue weighted by Gasteiger charge is -1.85. The maximum Gasteiger partial charge on any atom is 0.124 e. The Bertz CT molecular complexity index is 40.7. The van der Waals surface area contributed by atoms with E-state index in [1.54, 1.807) is 11.6 Å². The first kappa shape index (κ1) is 10.0. The second-order valence-corrected chi connectivity index (χ2v) is 0.858. The first-order valence-corrected chi connectivity index (χ1v) is 1.92. The Kier molecular flexibility index (Phi) is 13.4. The monoisotopic (exact) mass is 123 g/mol. The summed E-state index contributed by atoms with van der Waals surface area (Å²) in [6.07, 6.45) is 1.71. The number of halogens is 1. The third kappa shape index (κ3) is 10.7. The minimum atomic E-state index is 0. The average molecular weight is 124 g/mol. The van der Waals surface area contributed by atoms with Crippen LogP contribution in [-0.4, -0.2) is 13.7 Å². The Hall–Kier alpha value is -0.0500. The van der Waals surface area contributed by atoms with Gasteiger partial charge in [0.1, 0.15) is 6.61 Å². The highest BCUT2D eigenvalue weighted by Gasteiger charge is 1.70. The van der Waals surface area contributed by atoms with Crippen LogP contribution >= 0.6 is 0 Å². The van der Waals surface area contributed by atoms with Crippen molar-refractivity contribution >= 4 is 0 Å². The quantitative estimate of drug-likeness (QED) is 0.233. The Labute approximate surface area is 49.9 Å². The van der Waals surface area contributed by atoms with Crippen LogP contribution in [-0.2, 0) is 4.84 Å². The Morgan fingerprint density at radius 3 is 2.57 bits per heavy atom. The van der Waals surface area contributed by atoms with Crippen LogP contribution in [0, 0.1) is 0 Å². The molecule has 0 saturated carbocycles. The lowest BCUT2D eigenvalue weighted by Crippen LogP contribution is -3.00. The van der Waals surface area contributed by atoms with Gasteiger partial charge in [0, 0.05) is 0 Å². The number of nitrogens with two attached hydrogens (primary N) is 1. The van der Waals surface area contributed by atoms with Gasteiger partial charge in [-0.05, 0) is 0 Å². The predicted molar refractivity (Wildman–Crippen MR) is 24.0 cm³/mol. The van der Waals surface area contributed by atoms with Gasteiger partial charge in [-0.3, -0.25) is 0 Å². The van der Waals surface area contributed by atoms with E-state index in [1.807, 2.05) is 7.05 Å². The summed E-state index contributed by atoms with van der Waals surface area (Å²) in [4.78, 5) is 4.74. The van der Waals surface area contributed by atoms with Gasteiger partial charge in [-0.15, -0.1) is 6.58 Å². The number of rotatable bonds is 3. The van der Waals surface area contributed by atoms with Crippen LogP contribution in [0.25, 0.3) is 0 Å².